The summed E-state index contributed by atoms with van der Waals surface area (Å²) in [6.45, 7) is 8.93. The smallest absolute Gasteiger partial charge is 0.319 e. The van der Waals surface area contributed by atoms with Crippen LogP contribution in [0.3, 0.4) is 0 Å². The average Bonchev–Trinajstić information content (AvgIpc) is 3.10. The Labute approximate surface area is 166 Å². The van der Waals surface area contributed by atoms with E-state index in [0.29, 0.717) is 23.9 Å². The predicted molar refractivity (Wildman–Crippen MR) is 107 cm³/mol. The summed E-state index contributed by atoms with van der Waals surface area (Å²) in [5.74, 6) is -0.111. The lowest BCUT2D eigenvalue weighted by Gasteiger charge is -2.31. The summed E-state index contributed by atoms with van der Waals surface area (Å²) in [4.78, 5) is 31.1. The number of nitrogens with one attached hydrogen (secondary N) is 4. The molecule has 0 radical (unpaired) electrons. The topological polar surface area (TPSA) is 98.4 Å². The maximum absolute atomic E-state index is 13.3. The summed E-state index contributed by atoms with van der Waals surface area (Å²) >= 11 is 0. The van der Waals surface area contributed by atoms with E-state index in [1.54, 1.807) is 37.3 Å². The number of allylic oxidation sites excluding steroid dienone is 1. The molecule has 152 valence electrons. The van der Waals surface area contributed by atoms with Crippen LogP contribution in [0.4, 0.5) is 4.79 Å². The molecule has 8 heteroatoms. The Balaban J connectivity index is 1.75. The standard InChI is InChI=1S/C20H30N6O2/c1-12-16(17(23-19(28)22-12)13-7-6-8-21-10-13)18(27)26(5)11-14-9-15(25-24-14)20(2,3)4/h6-8,10,14-15,17,24-25H,9,11H2,1-5H3,(H2,22,23,28). The molecule has 3 amide bonds. The van der Waals surface area contributed by atoms with E-state index in [2.05, 4.69) is 47.2 Å². The second-order valence-corrected chi connectivity index (χ2v) is 8.68. The molecular weight excluding hydrogens is 356 g/mol. The molecule has 0 bridgehead atoms. The van der Waals surface area contributed by atoms with Gasteiger partial charge < -0.3 is 15.5 Å². The molecule has 0 aromatic carbocycles. The van der Waals surface area contributed by atoms with E-state index in [0.717, 1.165) is 12.0 Å². The Bertz CT molecular complexity index is 771. The molecule has 3 unspecified atom stereocenters. The van der Waals surface area contributed by atoms with Gasteiger partial charge in [0.2, 0.25) is 0 Å². The zero-order chi connectivity index (χ0) is 20.5. The fraction of sp³-hybridized carbons (Fsp3) is 0.550. The summed E-state index contributed by atoms with van der Waals surface area (Å²) in [6.07, 6.45) is 4.29. The fourth-order valence-corrected chi connectivity index (χ4v) is 3.70. The van der Waals surface area contributed by atoms with Gasteiger partial charge in [-0.15, -0.1) is 0 Å². The third-order valence-corrected chi connectivity index (χ3v) is 5.39. The highest BCUT2D eigenvalue weighted by atomic mass is 16.2. The monoisotopic (exact) mass is 386 g/mol. The van der Waals surface area contributed by atoms with E-state index < -0.39 is 6.04 Å². The Morgan fingerprint density at radius 2 is 2.07 bits per heavy atom. The lowest BCUT2D eigenvalue weighted by Crippen LogP contribution is -2.49. The highest BCUT2D eigenvalue weighted by Gasteiger charge is 2.36. The van der Waals surface area contributed by atoms with Crippen molar-refractivity contribution in [1.82, 2.24) is 31.4 Å². The molecule has 2 aliphatic heterocycles. The van der Waals surface area contributed by atoms with Crippen LogP contribution < -0.4 is 21.5 Å². The van der Waals surface area contributed by atoms with Gasteiger partial charge in [0.05, 0.1) is 11.6 Å². The summed E-state index contributed by atoms with van der Waals surface area (Å²) in [7, 11) is 1.80. The SMILES string of the molecule is CC1=C(C(=O)N(C)CC2CC(C(C)(C)C)NN2)C(c2cccnc2)NC(=O)N1. The quantitative estimate of drug-likeness (QED) is 0.628. The van der Waals surface area contributed by atoms with Crippen molar-refractivity contribution in [2.24, 2.45) is 5.41 Å². The van der Waals surface area contributed by atoms with Crippen molar-refractivity contribution in [3.05, 3.63) is 41.4 Å². The number of rotatable bonds is 4. The molecule has 1 saturated heterocycles. The van der Waals surface area contributed by atoms with Crippen molar-refractivity contribution in [2.45, 2.75) is 52.2 Å². The predicted octanol–water partition coefficient (Wildman–Crippen LogP) is 1.45. The molecule has 1 fully saturated rings. The lowest BCUT2D eigenvalue weighted by molar-refractivity contribution is -0.126. The molecule has 0 aliphatic carbocycles. The van der Waals surface area contributed by atoms with Gasteiger partial charge in [-0.1, -0.05) is 26.8 Å². The van der Waals surface area contributed by atoms with Gasteiger partial charge in [0.1, 0.15) is 0 Å². The van der Waals surface area contributed by atoms with Crippen molar-refractivity contribution >= 4 is 11.9 Å². The van der Waals surface area contributed by atoms with Crippen LogP contribution in [0.5, 0.6) is 0 Å². The van der Waals surface area contributed by atoms with Gasteiger partial charge in [-0.2, -0.15) is 0 Å². The van der Waals surface area contributed by atoms with Gasteiger partial charge in [0.25, 0.3) is 5.91 Å². The third kappa shape index (κ3) is 4.34. The van der Waals surface area contributed by atoms with Crippen molar-refractivity contribution in [2.75, 3.05) is 13.6 Å². The van der Waals surface area contributed by atoms with E-state index in [1.807, 2.05) is 6.07 Å². The van der Waals surface area contributed by atoms with Crippen LogP contribution in [0.25, 0.3) is 0 Å². The molecule has 28 heavy (non-hydrogen) atoms. The number of hydrazine groups is 1. The van der Waals surface area contributed by atoms with Gasteiger partial charge in [-0.25, -0.2) is 4.79 Å². The number of carbonyl (C=O) groups excluding carboxylic acids is 2. The van der Waals surface area contributed by atoms with Crippen LogP contribution >= 0.6 is 0 Å². The summed E-state index contributed by atoms with van der Waals surface area (Å²) in [6, 6.07) is 3.34. The van der Waals surface area contributed by atoms with Gasteiger partial charge >= 0.3 is 6.03 Å². The molecule has 1 aromatic rings. The van der Waals surface area contributed by atoms with Crippen LogP contribution in [0.1, 0.15) is 45.7 Å². The van der Waals surface area contributed by atoms with Gasteiger partial charge in [0.15, 0.2) is 0 Å². The highest BCUT2D eigenvalue weighted by Crippen LogP contribution is 2.28. The maximum atomic E-state index is 13.3. The lowest BCUT2D eigenvalue weighted by atomic mass is 9.84. The van der Waals surface area contributed by atoms with Crippen molar-refractivity contribution in [3.63, 3.8) is 0 Å². The highest BCUT2D eigenvalue weighted by molar-refractivity contribution is 5.98. The zero-order valence-corrected chi connectivity index (χ0v) is 17.2. The number of carbonyl (C=O) groups is 2. The number of urea groups is 1. The second-order valence-electron chi connectivity index (χ2n) is 8.68. The van der Waals surface area contributed by atoms with Crippen LogP contribution in [0, 0.1) is 5.41 Å². The maximum Gasteiger partial charge on any atom is 0.319 e. The molecule has 0 saturated carbocycles. The van der Waals surface area contributed by atoms with Crippen molar-refractivity contribution in [3.8, 4) is 0 Å². The molecule has 2 aliphatic rings. The summed E-state index contributed by atoms with van der Waals surface area (Å²) < 4.78 is 0. The number of nitrogens with zero attached hydrogens (tertiary/aromatic N) is 2. The van der Waals surface area contributed by atoms with Crippen LogP contribution in [0.2, 0.25) is 0 Å². The number of aromatic nitrogens is 1. The van der Waals surface area contributed by atoms with Crippen molar-refractivity contribution in [1.29, 1.82) is 0 Å². The molecule has 4 N–H and O–H groups in total. The Morgan fingerprint density at radius 3 is 2.68 bits per heavy atom. The molecule has 0 spiro atoms. The number of hydrogen-bond donors (Lipinski definition) is 4. The Morgan fingerprint density at radius 1 is 1.32 bits per heavy atom. The first-order valence-electron chi connectivity index (χ1n) is 9.61. The first kappa shape index (κ1) is 20.3. The molecular formula is C20H30N6O2. The largest absolute Gasteiger partial charge is 0.340 e. The van der Waals surface area contributed by atoms with Crippen LogP contribution in [-0.4, -0.2) is 47.5 Å². The number of hydrogen-bond acceptors (Lipinski definition) is 5. The normalized spacial score (nSPS) is 25.3. The summed E-state index contributed by atoms with van der Waals surface area (Å²) in [5, 5.41) is 5.57. The minimum absolute atomic E-state index is 0.111. The van der Waals surface area contributed by atoms with Crippen LogP contribution in [-0.2, 0) is 4.79 Å². The van der Waals surface area contributed by atoms with E-state index in [1.165, 1.54) is 0 Å². The second kappa shape index (κ2) is 7.89. The number of pyridine rings is 1. The van der Waals surface area contributed by atoms with Gasteiger partial charge in [0, 0.05) is 43.8 Å². The Kier molecular flexibility index (Phi) is 5.71. The molecule has 3 rings (SSSR count). The first-order chi connectivity index (χ1) is 13.2. The number of amides is 3. The van der Waals surface area contributed by atoms with Crippen molar-refractivity contribution < 1.29 is 9.59 Å². The van der Waals surface area contributed by atoms with Gasteiger partial charge in [-0.3, -0.25) is 20.6 Å². The van der Waals surface area contributed by atoms with E-state index in [9.17, 15) is 9.59 Å². The minimum atomic E-state index is -0.519. The fourth-order valence-electron chi connectivity index (χ4n) is 3.70. The van der Waals surface area contributed by atoms with E-state index in [4.69, 9.17) is 0 Å². The van der Waals surface area contributed by atoms with Crippen LogP contribution in [0.15, 0.2) is 35.8 Å². The Hall–Kier alpha value is -2.45. The minimum Gasteiger partial charge on any atom is -0.340 e. The molecule has 3 heterocycles. The third-order valence-electron chi connectivity index (χ3n) is 5.39. The van der Waals surface area contributed by atoms with E-state index >= 15 is 0 Å². The van der Waals surface area contributed by atoms with Gasteiger partial charge in [-0.05, 0) is 30.4 Å². The zero-order valence-electron chi connectivity index (χ0n) is 17.2. The molecule has 3 atom stereocenters. The number of likely N-dealkylation sites (N-methyl/N-ethyl adjacent to an activating group) is 1. The molecule has 8 nitrogen and oxygen atoms in total. The average molecular weight is 387 g/mol. The van der Waals surface area contributed by atoms with E-state index in [-0.39, 0.29) is 23.4 Å². The summed E-state index contributed by atoms with van der Waals surface area (Å²) in [5.41, 5.74) is 8.68. The molecule has 1 aromatic heterocycles. The first-order valence-corrected chi connectivity index (χ1v) is 9.61.